The number of hydrogen-bond acceptors (Lipinski definition) is 2. The third-order valence-corrected chi connectivity index (χ3v) is 3.48. The molecule has 94 valence electrons. The number of nitrogens with one attached hydrogen (secondary N) is 1. The van der Waals surface area contributed by atoms with E-state index in [0.717, 1.165) is 24.9 Å². The van der Waals surface area contributed by atoms with Crippen molar-refractivity contribution in [2.45, 2.75) is 45.6 Å². The molecule has 0 saturated carbocycles. The van der Waals surface area contributed by atoms with Crippen LogP contribution in [0.3, 0.4) is 0 Å². The molecule has 1 unspecified atom stereocenters. The molecule has 0 spiro atoms. The van der Waals surface area contributed by atoms with E-state index in [1.807, 2.05) is 7.05 Å². The first kappa shape index (κ1) is 13.7. The van der Waals surface area contributed by atoms with Crippen molar-refractivity contribution in [3.8, 4) is 0 Å². The second kappa shape index (κ2) is 7.86. The number of rotatable bonds is 6. The fourth-order valence-corrected chi connectivity index (χ4v) is 2.39. The Labute approximate surface area is 101 Å². The van der Waals surface area contributed by atoms with Gasteiger partial charge in [-0.1, -0.05) is 12.2 Å². The highest BCUT2D eigenvalue weighted by Crippen LogP contribution is 2.21. The summed E-state index contributed by atoms with van der Waals surface area (Å²) in [7, 11) is 2.01. The molecule has 0 aromatic carbocycles. The van der Waals surface area contributed by atoms with Crippen LogP contribution >= 0.6 is 0 Å². The predicted molar refractivity (Wildman–Crippen MR) is 71.7 cm³/mol. The quantitative estimate of drug-likeness (QED) is 0.551. The summed E-state index contributed by atoms with van der Waals surface area (Å²) < 4.78 is 0. The van der Waals surface area contributed by atoms with Gasteiger partial charge >= 0.3 is 0 Å². The molecule has 0 aliphatic carbocycles. The van der Waals surface area contributed by atoms with E-state index in [0.29, 0.717) is 0 Å². The fourth-order valence-electron chi connectivity index (χ4n) is 2.39. The van der Waals surface area contributed by atoms with Crippen LogP contribution in [0, 0.1) is 5.92 Å². The molecule has 1 N–H and O–H groups in total. The first-order valence-electron chi connectivity index (χ1n) is 6.77. The lowest BCUT2D eigenvalue weighted by atomic mass is 9.94. The molecule has 1 fully saturated rings. The van der Waals surface area contributed by atoms with Crippen molar-refractivity contribution < 1.29 is 0 Å². The monoisotopic (exact) mass is 224 g/mol. The highest BCUT2D eigenvalue weighted by Gasteiger charge is 2.20. The minimum Gasteiger partial charge on any atom is -0.319 e. The molecular weight excluding hydrogens is 196 g/mol. The van der Waals surface area contributed by atoms with Gasteiger partial charge in [-0.15, -0.1) is 0 Å². The zero-order valence-electron chi connectivity index (χ0n) is 11.2. The number of likely N-dealkylation sites (tertiary alicyclic amines) is 1. The van der Waals surface area contributed by atoms with Crippen molar-refractivity contribution in [3.63, 3.8) is 0 Å². The van der Waals surface area contributed by atoms with Gasteiger partial charge in [0.2, 0.25) is 0 Å². The van der Waals surface area contributed by atoms with Crippen molar-refractivity contribution in [2.24, 2.45) is 5.92 Å². The Hall–Kier alpha value is -0.340. The lowest BCUT2D eigenvalue weighted by Crippen LogP contribution is -2.39. The van der Waals surface area contributed by atoms with Crippen LogP contribution in [0.1, 0.15) is 39.5 Å². The van der Waals surface area contributed by atoms with Crippen molar-refractivity contribution in [3.05, 3.63) is 12.2 Å². The molecule has 0 amide bonds. The molecule has 0 bridgehead atoms. The van der Waals surface area contributed by atoms with Gasteiger partial charge in [-0.2, -0.15) is 0 Å². The maximum atomic E-state index is 3.17. The second-order valence-corrected chi connectivity index (χ2v) is 5.20. The van der Waals surface area contributed by atoms with Gasteiger partial charge in [0.15, 0.2) is 0 Å². The van der Waals surface area contributed by atoms with E-state index < -0.39 is 0 Å². The van der Waals surface area contributed by atoms with Crippen molar-refractivity contribution in [2.75, 3.05) is 26.7 Å². The number of hydrogen-bond donors (Lipinski definition) is 1. The van der Waals surface area contributed by atoms with E-state index in [9.17, 15) is 0 Å². The van der Waals surface area contributed by atoms with E-state index in [2.05, 4.69) is 36.2 Å². The number of nitrogens with zero attached hydrogens (tertiary/aromatic N) is 1. The van der Waals surface area contributed by atoms with Crippen molar-refractivity contribution >= 4 is 0 Å². The summed E-state index contributed by atoms with van der Waals surface area (Å²) in [6.45, 7) is 8.32. The minimum absolute atomic E-state index is 0.719. The van der Waals surface area contributed by atoms with Gasteiger partial charge in [0.25, 0.3) is 0 Å². The van der Waals surface area contributed by atoms with Crippen LogP contribution in [0.5, 0.6) is 0 Å². The maximum absolute atomic E-state index is 3.17. The first-order chi connectivity index (χ1) is 7.74. The zero-order chi connectivity index (χ0) is 11.8. The summed E-state index contributed by atoms with van der Waals surface area (Å²) in [5.74, 6) is 0.891. The largest absolute Gasteiger partial charge is 0.319 e. The van der Waals surface area contributed by atoms with Crippen LogP contribution < -0.4 is 5.32 Å². The number of allylic oxidation sites excluding steroid dienone is 1. The molecule has 2 heteroatoms. The molecule has 0 aromatic heterocycles. The fraction of sp³-hybridized carbons (Fsp3) is 0.857. The SMILES string of the molecule is CNCC/C=C\CC1CCCN(C(C)C)C1. The summed E-state index contributed by atoms with van der Waals surface area (Å²) >= 11 is 0. The van der Waals surface area contributed by atoms with E-state index in [1.165, 1.54) is 32.4 Å². The van der Waals surface area contributed by atoms with Gasteiger partial charge in [-0.05, 0) is 65.6 Å². The minimum atomic E-state index is 0.719. The molecular formula is C14H28N2. The van der Waals surface area contributed by atoms with Gasteiger partial charge in [0.05, 0.1) is 0 Å². The Morgan fingerprint density at radius 1 is 1.38 bits per heavy atom. The van der Waals surface area contributed by atoms with Crippen LogP contribution in [0.15, 0.2) is 12.2 Å². The molecule has 1 heterocycles. The summed E-state index contributed by atoms with van der Waals surface area (Å²) in [6, 6.07) is 0.719. The van der Waals surface area contributed by atoms with Crippen LogP contribution in [0.25, 0.3) is 0 Å². The van der Waals surface area contributed by atoms with E-state index >= 15 is 0 Å². The molecule has 1 rings (SSSR count). The third-order valence-electron chi connectivity index (χ3n) is 3.48. The smallest absolute Gasteiger partial charge is 0.00387 e. The summed E-state index contributed by atoms with van der Waals surface area (Å²) in [6.07, 6.45) is 9.94. The molecule has 2 nitrogen and oxygen atoms in total. The predicted octanol–water partition coefficient (Wildman–Crippen LogP) is 2.66. The molecule has 16 heavy (non-hydrogen) atoms. The van der Waals surface area contributed by atoms with Gasteiger partial charge in [-0.25, -0.2) is 0 Å². The Balaban J connectivity index is 2.19. The topological polar surface area (TPSA) is 15.3 Å². The maximum Gasteiger partial charge on any atom is 0.00387 e. The molecule has 0 radical (unpaired) electrons. The average Bonchev–Trinajstić information content (AvgIpc) is 2.29. The molecule has 0 aromatic rings. The zero-order valence-corrected chi connectivity index (χ0v) is 11.2. The van der Waals surface area contributed by atoms with Crippen molar-refractivity contribution in [1.29, 1.82) is 0 Å². The van der Waals surface area contributed by atoms with Gasteiger partial charge in [0, 0.05) is 12.6 Å². The van der Waals surface area contributed by atoms with Gasteiger partial charge < -0.3 is 10.2 Å². The first-order valence-corrected chi connectivity index (χ1v) is 6.77. The molecule has 1 atom stereocenters. The number of piperidine rings is 1. The van der Waals surface area contributed by atoms with Crippen molar-refractivity contribution in [1.82, 2.24) is 10.2 Å². The van der Waals surface area contributed by atoms with E-state index in [1.54, 1.807) is 0 Å². The van der Waals surface area contributed by atoms with Crippen LogP contribution in [0.2, 0.25) is 0 Å². The van der Waals surface area contributed by atoms with Gasteiger partial charge in [0.1, 0.15) is 0 Å². The van der Waals surface area contributed by atoms with Crippen LogP contribution in [0.4, 0.5) is 0 Å². The lowest BCUT2D eigenvalue weighted by Gasteiger charge is -2.35. The average molecular weight is 224 g/mol. The van der Waals surface area contributed by atoms with E-state index in [-0.39, 0.29) is 0 Å². The Morgan fingerprint density at radius 2 is 2.19 bits per heavy atom. The molecule has 1 saturated heterocycles. The standard InChI is InChI=1S/C14H28N2/c1-13(2)16-11-7-9-14(12-16)8-5-4-6-10-15-3/h4-5,13-15H,6-12H2,1-3H3/b5-4-. The second-order valence-electron chi connectivity index (χ2n) is 5.20. The summed E-state index contributed by atoms with van der Waals surface area (Å²) in [4.78, 5) is 2.62. The van der Waals surface area contributed by atoms with Crippen LogP contribution in [-0.2, 0) is 0 Å². The Bertz CT molecular complexity index is 199. The Kier molecular flexibility index (Phi) is 6.74. The highest BCUT2D eigenvalue weighted by molar-refractivity contribution is 4.87. The van der Waals surface area contributed by atoms with Gasteiger partial charge in [-0.3, -0.25) is 0 Å². The summed E-state index contributed by atoms with van der Waals surface area (Å²) in [5.41, 5.74) is 0. The van der Waals surface area contributed by atoms with Crippen LogP contribution in [-0.4, -0.2) is 37.6 Å². The lowest BCUT2D eigenvalue weighted by molar-refractivity contribution is 0.141. The third kappa shape index (κ3) is 5.13. The highest BCUT2D eigenvalue weighted by atomic mass is 15.1. The summed E-state index contributed by atoms with van der Waals surface area (Å²) in [5, 5.41) is 3.17. The molecule has 1 aliphatic rings. The normalized spacial score (nSPS) is 23.4. The Morgan fingerprint density at radius 3 is 2.88 bits per heavy atom. The molecule has 1 aliphatic heterocycles. The van der Waals surface area contributed by atoms with E-state index in [4.69, 9.17) is 0 Å².